The number of nitrogens with one attached hydrogen (secondary N) is 1. The molecule has 0 saturated carbocycles. The van der Waals surface area contributed by atoms with Crippen molar-refractivity contribution in [3.05, 3.63) is 51.3 Å². The molecule has 0 bridgehead atoms. The summed E-state index contributed by atoms with van der Waals surface area (Å²) in [7, 11) is 0. The van der Waals surface area contributed by atoms with Crippen LogP contribution in [0.3, 0.4) is 0 Å². The van der Waals surface area contributed by atoms with Gasteiger partial charge >= 0.3 is 0 Å². The summed E-state index contributed by atoms with van der Waals surface area (Å²) in [6, 6.07) is 11.1. The maximum atomic E-state index is 12.0. The van der Waals surface area contributed by atoms with Crippen molar-refractivity contribution in [3.8, 4) is 23.3 Å². The largest absolute Gasteiger partial charge is 0.384 e. The van der Waals surface area contributed by atoms with Crippen molar-refractivity contribution in [2.75, 3.05) is 12.3 Å². The summed E-state index contributed by atoms with van der Waals surface area (Å²) in [5.74, 6) is -0.0379. The van der Waals surface area contributed by atoms with Crippen molar-refractivity contribution in [1.82, 2.24) is 4.98 Å². The lowest BCUT2D eigenvalue weighted by molar-refractivity contribution is 0.117. The van der Waals surface area contributed by atoms with Gasteiger partial charge in [-0.05, 0) is 23.6 Å². The number of nitrogen functional groups attached to an aromatic ring is 1. The van der Waals surface area contributed by atoms with Crippen molar-refractivity contribution in [2.24, 2.45) is 0 Å². The number of aromatic nitrogens is 1. The molecule has 0 aliphatic rings. The second-order valence-electron chi connectivity index (χ2n) is 6.03. The quantitative estimate of drug-likeness (QED) is 0.707. The minimum atomic E-state index is -0.600. The van der Waals surface area contributed by atoms with Crippen LogP contribution in [0.15, 0.2) is 29.1 Å². The van der Waals surface area contributed by atoms with Crippen molar-refractivity contribution >= 4 is 5.82 Å². The van der Waals surface area contributed by atoms with E-state index in [1.165, 1.54) is 12.8 Å². The minimum Gasteiger partial charge on any atom is -0.384 e. The molecule has 0 unspecified atom stereocenters. The fourth-order valence-corrected chi connectivity index (χ4v) is 2.77. The van der Waals surface area contributed by atoms with Gasteiger partial charge in [0.15, 0.2) is 0 Å². The number of hydrogen-bond acceptors (Lipinski definition) is 5. The van der Waals surface area contributed by atoms with Crippen molar-refractivity contribution < 1.29 is 4.74 Å². The van der Waals surface area contributed by atoms with Crippen LogP contribution in [0.2, 0.25) is 0 Å². The number of anilines is 1. The van der Waals surface area contributed by atoms with Crippen LogP contribution in [0.25, 0.3) is 11.1 Å². The zero-order chi connectivity index (χ0) is 18.9. The number of ether oxygens (including phenoxy) is 1. The van der Waals surface area contributed by atoms with Gasteiger partial charge in [0.1, 0.15) is 29.1 Å². The highest BCUT2D eigenvalue weighted by Crippen LogP contribution is 2.28. The van der Waals surface area contributed by atoms with Gasteiger partial charge in [-0.3, -0.25) is 4.79 Å². The van der Waals surface area contributed by atoms with Gasteiger partial charge in [0, 0.05) is 12.2 Å². The van der Waals surface area contributed by atoms with E-state index < -0.39 is 5.56 Å². The minimum absolute atomic E-state index is 0.0379. The molecule has 0 radical (unpaired) electrons. The van der Waals surface area contributed by atoms with E-state index in [1.54, 1.807) is 6.07 Å². The molecule has 2 aromatic rings. The van der Waals surface area contributed by atoms with Crippen LogP contribution in [-0.4, -0.2) is 11.6 Å². The smallest absolute Gasteiger partial charge is 0.268 e. The molecule has 0 fully saturated rings. The lowest BCUT2D eigenvalue weighted by Gasteiger charge is -2.10. The molecule has 134 valence electrons. The predicted octanol–water partition coefficient (Wildman–Crippen LogP) is 3.46. The van der Waals surface area contributed by atoms with Crippen LogP contribution in [0.5, 0.6) is 0 Å². The Balaban J connectivity index is 2.27. The van der Waals surface area contributed by atoms with Crippen molar-refractivity contribution in [2.45, 2.75) is 39.2 Å². The van der Waals surface area contributed by atoms with Crippen LogP contribution in [-0.2, 0) is 11.3 Å². The van der Waals surface area contributed by atoms with Gasteiger partial charge in [0.05, 0.1) is 6.61 Å². The molecule has 0 aliphatic heterocycles. The SMILES string of the molecule is CCCCCCOCc1cccc(-c2c(C#N)c(N)[nH]c(=O)c2C#N)c1. The Morgan fingerprint density at radius 2 is 1.92 bits per heavy atom. The van der Waals surface area contributed by atoms with Gasteiger partial charge in [0.25, 0.3) is 5.56 Å². The van der Waals surface area contributed by atoms with E-state index in [9.17, 15) is 15.3 Å². The van der Waals surface area contributed by atoms with Crippen LogP contribution in [0, 0.1) is 22.7 Å². The molecule has 6 heteroatoms. The van der Waals surface area contributed by atoms with Crippen molar-refractivity contribution in [3.63, 3.8) is 0 Å². The predicted molar refractivity (Wildman–Crippen MR) is 100 cm³/mol. The first-order chi connectivity index (χ1) is 12.6. The molecule has 0 spiro atoms. The number of aromatic amines is 1. The molecule has 2 rings (SSSR count). The van der Waals surface area contributed by atoms with E-state index in [0.29, 0.717) is 18.8 Å². The second kappa shape index (κ2) is 9.41. The third kappa shape index (κ3) is 4.50. The Kier molecular flexibility index (Phi) is 6.96. The van der Waals surface area contributed by atoms with E-state index in [0.717, 1.165) is 18.4 Å². The average Bonchev–Trinajstić information content (AvgIpc) is 2.64. The fourth-order valence-electron chi connectivity index (χ4n) is 2.77. The highest BCUT2D eigenvalue weighted by atomic mass is 16.5. The maximum absolute atomic E-state index is 12.0. The number of nitrogens with two attached hydrogens (primary N) is 1. The lowest BCUT2D eigenvalue weighted by atomic mass is 9.95. The number of rotatable bonds is 8. The summed E-state index contributed by atoms with van der Waals surface area (Å²) in [5, 5.41) is 18.7. The molecule has 3 N–H and O–H groups in total. The van der Waals surface area contributed by atoms with Crippen LogP contribution in [0.4, 0.5) is 5.82 Å². The second-order valence-corrected chi connectivity index (χ2v) is 6.03. The Hall–Kier alpha value is -3.09. The first kappa shape index (κ1) is 19.2. The standard InChI is InChI=1S/C20H22N4O2/c1-2-3-4-5-9-26-13-14-7-6-8-15(10-14)18-16(11-21)19(23)24-20(25)17(18)12-22/h6-8,10H,2-5,9,13H2,1H3,(H3,23,24,25). The Labute approximate surface area is 152 Å². The molecule has 1 heterocycles. The number of hydrogen-bond donors (Lipinski definition) is 2. The third-order valence-electron chi connectivity index (χ3n) is 4.09. The Bertz CT molecular complexity index is 903. The summed E-state index contributed by atoms with van der Waals surface area (Å²) < 4.78 is 5.70. The first-order valence-electron chi connectivity index (χ1n) is 8.65. The normalized spacial score (nSPS) is 10.3. The fraction of sp³-hybridized carbons (Fsp3) is 0.350. The number of nitrogens with zero attached hydrogens (tertiary/aromatic N) is 2. The first-order valence-corrected chi connectivity index (χ1v) is 8.65. The molecule has 6 nitrogen and oxygen atoms in total. The van der Waals surface area contributed by atoms with Crippen LogP contribution < -0.4 is 11.3 Å². The summed E-state index contributed by atoms with van der Waals surface area (Å²) in [5.41, 5.74) is 6.91. The van der Waals surface area contributed by atoms with E-state index in [-0.39, 0.29) is 22.5 Å². The van der Waals surface area contributed by atoms with Gasteiger partial charge in [-0.1, -0.05) is 44.4 Å². The monoisotopic (exact) mass is 350 g/mol. The number of nitriles is 2. The zero-order valence-corrected chi connectivity index (χ0v) is 14.8. The van der Waals surface area contributed by atoms with Gasteiger partial charge in [0.2, 0.25) is 0 Å². The Morgan fingerprint density at radius 3 is 2.62 bits per heavy atom. The van der Waals surface area contributed by atoms with Gasteiger partial charge in [-0.2, -0.15) is 10.5 Å². The molecule has 26 heavy (non-hydrogen) atoms. The summed E-state index contributed by atoms with van der Waals surface area (Å²) in [4.78, 5) is 14.4. The molecule has 1 aromatic carbocycles. The molecule has 0 saturated heterocycles. The molecule has 0 aliphatic carbocycles. The number of pyridine rings is 1. The van der Waals surface area contributed by atoms with Gasteiger partial charge < -0.3 is 15.5 Å². The van der Waals surface area contributed by atoms with Crippen molar-refractivity contribution in [1.29, 1.82) is 10.5 Å². The topological polar surface area (TPSA) is 116 Å². The van der Waals surface area contributed by atoms with Crippen LogP contribution in [0.1, 0.15) is 49.3 Å². The maximum Gasteiger partial charge on any atom is 0.268 e. The molecule has 1 aromatic heterocycles. The van der Waals surface area contributed by atoms with Crippen LogP contribution >= 0.6 is 0 Å². The number of benzene rings is 1. The average molecular weight is 350 g/mol. The molecular formula is C20H22N4O2. The number of unbranched alkanes of at least 4 members (excludes halogenated alkanes) is 3. The summed E-state index contributed by atoms with van der Waals surface area (Å²) in [6.07, 6.45) is 4.56. The van der Waals surface area contributed by atoms with E-state index in [2.05, 4.69) is 11.9 Å². The lowest BCUT2D eigenvalue weighted by Crippen LogP contribution is -2.16. The Morgan fingerprint density at radius 1 is 1.15 bits per heavy atom. The molecular weight excluding hydrogens is 328 g/mol. The highest BCUT2D eigenvalue weighted by Gasteiger charge is 2.18. The van der Waals surface area contributed by atoms with Gasteiger partial charge in [-0.25, -0.2) is 0 Å². The number of H-pyrrole nitrogens is 1. The van der Waals surface area contributed by atoms with E-state index >= 15 is 0 Å². The zero-order valence-electron chi connectivity index (χ0n) is 14.8. The molecule has 0 amide bonds. The van der Waals surface area contributed by atoms with Gasteiger partial charge in [-0.15, -0.1) is 0 Å². The van der Waals surface area contributed by atoms with E-state index in [4.69, 9.17) is 10.5 Å². The third-order valence-corrected chi connectivity index (χ3v) is 4.09. The van der Waals surface area contributed by atoms with E-state index in [1.807, 2.05) is 30.3 Å². The highest BCUT2D eigenvalue weighted by molar-refractivity contribution is 5.80. The summed E-state index contributed by atoms with van der Waals surface area (Å²) in [6.45, 7) is 3.29. The molecule has 0 atom stereocenters. The summed E-state index contributed by atoms with van der Waals surface area (Å²) >= 11 is 0.